The van der Waals surface area contributed by atoms with Crippen molar-refractivity contribution in [3.8, 4) is 0 Å². The molecule has 0 unspecified atom stereocenters. The lowest BCUT2D eigenvalue weighted by molar-refractivity contribution is -0.126. The lowest BCUT2D eigenvalue weighted by atomic mass is 10.2. The van der Waals surface area contributed by atoms with E-state index in [4.69, 9.17) is 16.3 Å². The normalized spacial score (nSPS) is 12.1. The zero-order valence-corrected chi connectivity index (χ0v) is 15.9. The standard InChI is InChI=1S/C20H20ClN3O3/c1-13(22-18(25)12-27-11-14-6-4-3-5-7-14)19-23-17-10-15(21)8-9-16(17)20(26)24(19)2/h3-10,13H,11-12H2,1-2H3,(H,22,25)/t13-/m0/s1. The van der Waals surface area contributed by atoms with Crippen LogP contribution in [0.5, 0.6) is 0 Å². The van der Waals surface area contributed by atoms with Crippen molar-refractivity contribution in [3.63, 3.8) is 0 Å². The Morgan fingerprint density at radius 1 is 1.26 bits per heavy atom. The summed E-state index contributed by atoms with van der Waals surface area (Å²) in [5.74, 6) is 0.171. The van der Waals surface area contributed by atoms with Gasteiger partial charge in [0.2, 0.25) is 5.91 Å². The van der Waals surface area contributed by atoms with Gasteiger partial charge in [0.25, 0.3) is 5.56 Å². The Morgan fingerprint density at radius 2 is 2.00 bits per heavy atom. The quantitative estimate of drug-likeness (QED) is 0.708. The fourth-order valence-electron chi connectivity index (χ4n) is 2.83. The molecule has 1 N–H and O–H groups in total. The van der Waals surface area contributed by atoms with Gasteiger partial charge in [-0.25, -0.2) is 4.98 Å². The number of benzene rings is 2. The Bertz CT molecular complexity index is 1020. The van der Waals surface area contributed by atoms with E-state index in [0.29, 0.717) is 28.4 Å². The summed E-state index contributed by atoms with van der Waals surface area (Å²) in [7, 11) is 1.63. The molecule has 0 saturated heterocycles. The minimum Gasteiger partial charge on any atom is -0.367 e. The number of halogens is 1. The average Bonchev–Trinajstić information content (AvgIpc) is 2.65. The van der Waals surface area contributed by atoms with Crippen LogP contribution in [0.2, 0.25) is 5.02 Å². The predicted molar refractivity (Wildman–Crippen MR) is 105 cm³/mol. The summed E-state index contributed by atoms with van der Waals surface area (Å²) in [5, 5.41) is 3.79. The second kappa shape index (κ2) is 8.33. The van der Waals surface area contributed by atoms with E-state index < -0.39 is 6.04 Å². The molecule has 0 radical (unpaired) electrons. The lowest BCUT2D eigenvalue weighted by Crippen LogP contribution is -2.34. The molecule has 27 heavy (non-hydrogen) atoms. The van der Waals surface area contributed by atoms with Gasteiger partial charge in [-0.1, -0.05) is 41.9 Å². The summed E-state index contributed by atoms with van der Waals surface area (Å²) in [4.78, 5) is 29.2. The van der Waals surface area contributed by atoms with E-state index in [0.717, 1.165) is 5.56 Å². The van der Waals surface area contributed by atoms with Crippen LogP contribution >= 0.6 is 11.6 Å². The molecule has 1 amide bonds. The molecule has 1 atom stereocenters. The Morgan fingerprint density at radius 3 is 2.74 bits per heavy atom. The second-order valence-electron chi connectivity index (χ2n) is 6.26. The van der Waals surface area contributed by atoms with E-state index in [2.05, 4.69) is 10.3 Å². The third-order valence-electron chi connectivity index (χ3n) is 4.18. The molecule has 6 nitrogen and oxygen atoms in total. The van der Waals surface area contributed by atoms with Crippen LogP contribution in [0.4, 0.5) is 0 Å². The zero-order chi connectivity index (χ0) is 19.4. The highest BCUT2D eigenvalue weighted by molar-refractivity contribution is 6.31. The third-order valence-corrected chi connectivity index (χ3v) is 4.42. The molecule has 0 aliphatic carbocycles. The number of aromatic nitrogens is 2. The molecule has 3 aromatic rings. The van der Waals surface area contributed by atoms with Crippen molar-refractivity contribution in [2.45, 2.75) is 19.6 Å². The summed E-state index contributed by atoms with van der Waals surface area (Å²) in [6.45, 7) is 2.05. The Kier molecular flexibility index (Phi) is 5.88. The maximum absolute atomic E-state index is 12.5. The first-order valence-corrected chi connectivity index (χ1v) is 8.90. The van der Waals surface area contributed by atoms with Crippen LogP contribution < -0.4 is 10.9 Å². The SMILES string of the molecule is C[C@H](NC(=O)COCc1ccccc1)c1nc2cc(Cl)ccc2c(=O)n1C. The van der Waals surface area contributed by atoms with Crippen LogP contribution in [-0.2, 0) is 23.2 Å². The molecule has 0 spiro atoms. The molecule has 140 valence electrons. The number of hydrogen-bond acceptors (Lipinski definition) is 4. The van der Waals surface area contributed by atoms with Crippen molar-refractivity contribution in [2.24, 2.45) is 7.05 Å². The van der Waals surface area contributed by atoms with Crippen molar-refractivity contribution >= 4 is 28.4 Å². The maximum Gasteiger partial charge on any atom is 0.261 e. The zero-order valence-electron chi connectivity index (χ0n) is 15.1. The second-order valence-corrected chi connectivity index (χ2v) is 6.70. The van der Waals surface area contributed by atoms with E-state index in [1.807, 2.05) is 30.3 Å². The number of carbonyl (C=O) groups is 1. The van der Waals surface area contributed by atoms with Crippen molar-refractivity contribution in [1.29, 1.82) is 0 Å². The van der Waals surface area contributed by atoms with E-state index in [1.165, 1.54) is 4.57 Å². The molecular weight excluding hydrogens is 366 g/mol. The highest BCUT2D eigenvalue weighted by atomic mass is 35.5. The largest absolute Gasteiger partial charge is 0.367 e. The van der Waals surface area contributed by atoms with Crippen LogP contribution in [0.25, 0.3) is 10.9 Å². The highest BCUT2D eigenvalue weighted by Gasteiger charge is 2.16. The molecule has 0 aliphatic rings. The van der Waals surface area contributed by atoms with Crippen LogP contribution in [-0.4, -0.2) is 22.1 Å². The van der Waals surface area contributed by atoms with E-state index >= 15 is 0 Å². The summed E-state index contributed by atoms with van der Waals surface area (Å²) < 4.78 is 6.88. The molecule has 0 aliphatic heterocycles. The molecule has 0 bridgehead atoms. The third kappa shape index (κ3) is 4.53. The van der Waals surface area contributed by atoms with Gasteiger partial charge < -0.3 is 10.1 Å². The number of nitrogens with one attached hydrogen (secondary N) is 1. The smallest absolute Gasteiger partial charge is 0.261 e. The molecule has 3 rings (SSSR count). The minimum absolute atomic E-state index is 0.0768. The summed E-state index contributed by atoms with van der Waals surface area (Å²) in [6, 6.07) is 14.1. The first kappa shape index (κ1) is 19.1. The highest BCUT2D eigenvalue weighted by Crippen LogP contribution is 2.17. The fraction of sp³-hybridized carbons (Fsp3) is 0.250. The van der Waals surface area contributed by atoms with Gasteiger partial charge in [0.05, 0.1) is 23.6 Å². The van der Waals surface area contributed by atoms with Crippen LogP contribution in [0.1, 0.15) is 24.4 Å². The number of hydrogen-bond donors (Lipinski definition) is 1. The fourth-order valence-corrected chi connectivity index (χ4v) is 3.00. The molecule has 0 saturated carbocycles. The van der Waals surface area contributed by atoms with Gasteiger partial charge >= 0.3 is 0 Å². The molecule has 0 fully saturated rings. The molecule has 1 heterocycles. The van der Waals surface area contributed by atoms with Crippen molar-refractivity contribution in [3.05, 3.63) is 75.3 Å². The monoisotopic (exact) mass is 385 g/mol. The lowest BCUT2D eigenvalue weighted by Gasteiger charge is -2.17. The molecule has 2 aromatic carbocycles. The van der Waals surface area contributed by atoms with E-state index in [1.54, 1.807) is 32.2 Å². The number of rotatable bonds is 6. The average molecular weight is 386 g/mol. The van der Waals surface area contributed by atoms with Gasteiger partial charge in [-0.2, -0.15) is 0 Å². The van der Waals surface area contributed by atoms with Gasteiger partial charge in [-0.05, 0) is 30.7 Å². The number of carbonyl (C=O) groups excluding carboxylic acids is 1. The van der Waals surface area contributed by atoms with E-state index in [9.17, 15) is 9.59 Å². The first-order chi connectivity index (χ1) is 13.0. The van der Waals surface area contributed by atoms with Crippen LogP contribution in [0.15, 0.2) is 53.3 Å². The number of ether oxygens (including phenoxy) is 1. The Balaban J connectivity index is 1.68. The predicted octanol–water partition coefficient (Wildman–Crippen LogP) is 2.98. The summed E-state index contributed by atoms with van der Waals surface area (Å²) in [5.41, 5.74) is 1.31. The number of fused-ring (bicyclic) bond motifs is 1. The minimum atomic E-state index is -0.459. The molecular formula is C20H20ClN3O3. The number of amides is 1. The van der Waals surface area contributed by atoms with Gasteiger partial charge in [0.1, 0.15) is 12.4 Å². The number of nitrogens with zero attached hydrogens (tertiary/aromatic N) is 2. The maximum atomic E-state index is 12.5. The topological polar surface area (TPSA) is 73.2 Å². The van der Waals surface area contributed by atoms with Gasteiger partial charge in [-0.3, -0.25) is 14.2 Å². The molecule has 1 aromatic heterocycles. The Labute approximate surface area is 161 Å². The van der Waals surface area contributed by atoms with Gasteiger partial charge in [-0.15, -0.1) is 0 Å². The van der Waals surface area contributed by atoms with Crippen LogP contribution in [0, 0.1) is 0 Å². The van der Waals surface area contributed by atoms with E-state index in [-0.39, 0.29) is 18.1 Å². The van der Waals surface area contributed by atoms with Gasteiger partial charge in [0.15, 0.2) is 0 Å². The Hall–Kier alpha value is -2.70. The summed E-state index contributed by atoms with van der Waals surface area (Å²) >= 11 is 6.00. The van der Waals surface area contributed by atoms with Crippen molar-refractivity contribution in [2.75, 3.05) is 6.61 Å². The van der Waals surface area contributed by atoms with Crippen molar-refractivity contribution in [1.82, 2.24) is 14.9 Å². The first-order valence-electron chi connectivity index (χ1n) is 8.53. The van der Waals surface area contributed by atoms with Gasteiger partial charge in [0, 0.05) is 12.1 Å². The van der Waals surface area contributed by atoms with Crippen LogP contribution in [0.3, 0.4) is 0 Å². The molecule has 7 heteroatoms. The summed E-state index contributed by atoms with van der Waals surface area (Å²) in [6.07, 6.45) is 0. The van der Waals surface area contributed by atoms with Crippen molar-refractivity contribution < 1.29 is 9.53 Å².